The summed E-state index contributed by atoms with van der Waals surface area (Å²) in [5, 5.41) is 0. The summed E-state index contributed by atoms with van der Waals surface area (Å²) < 4.78 is 49.6. The molecule has 14 heavy (non-hydrogen) atoms. The predicted molar refractivity (Wildman–Crippen MR) is 43.7 cm³/mol. The third kappa shape index (κ3) is 1.79. The molecule has 0 saturated carbocycles. The summed E-state index contributed by atoms with van der Waals surface area (Å²) >= 11 is 0. The van der Waals surface area contributed by atoms with E-state index in [2.05, 4.69) is 0 Å². The molecule has 0 unspecified atom stereocenters. The van der Waals surface area contributed by atoms with Gasteiger partial charge in [0.15, 0.2) is 0 Å². The Labute approximate surface area is 77.5 Å². The number of nitrogen functional groups attached to an aromatic ring is 1. The SMILES string of the molecule is NCc1ccc(F)c(C(F)(F)F)c1N. The first-order valence-electron chi connectivity index (χ1n) is 3.72. The van der Waals surface area contributed by atoms with Gasteiger partial charge in [-0.25, -0.2) is 4.39 Å². The molecule has 1 aromatic carbocycles. The second kappa shape index (κ2) is 3.45. The molecule has 4 N–H and O–H groups in total. The van der Waals surface area contributed by atoms with Crippen molar-refractivity contribution in [3.05, 3.63) is 29.1 Å². The van der Waals surface area contributed by atoms with Crippen LogP contribution in [0.2, 0.25) is 0 Å². The van der Waals surface area contributed by atoms with E-state index in [1.165, 1.54) is 0 Å². The fraction of sp³-hybridized carbons (Fsp3) is 0.250. The van der Waals surface area contributed by atoms with E-state index in [1.807, 2.05) is 0 Å². The van der Waals surface area contributed by atoms with Crippen LogP contribution in [0.25, 0.3) is 0 Å². The average Bonchev–Trinajstić information content (AvgIpc) is 2.02. The van der Waals surface area contributed by atoms with Gasteiger partial charge in [0.1, 0.15) is 11.4 Å². The Morgan fingerprint density at radius 1 is 1.21 bits per heavy atom. The number of benzene rings is 1. The number of rotatable bonds is 1. The molecule has 0 spiro atoms. The van der Waals surface area contributed by atoms with Crippen molar-refractivity contribution in [3.8, 4) is 0 Å². The van der Waals surface area contributed by atoms with Crippen LogP contribution in [0.15, 0.2) is 12.1 Å². The van der Waals surface area contributed by atoms with Crippen LogP contribution in [-0.4, -0.2) is 0 Å². The standard InChI is InChI=1S/C8H8F4N2/c9-5-2-1-4(3-13)7(14)6(5)8(10,11)12/h1-2H,3,13-14H2. The lowest BCUT2D eigenvalue weighted by Crippen LogP contribution is -2.14. The minimum atomic E-state index is -4.79. The van der Waals surface area contributed by atoms with Crippen LogP contribution in [0.3, 0.4) is 0 Å². The van der Waals surface area contributed by atoms with Crippen LogP contribution >= 0.6 is 0 Å². The molecule has 0 bridgehead atoms. The first kappa shape index (κ1) is 10.8. The number of hydrogen-bond acceptors (Lipinski definition) is 2. The molecule has 0 aromatic heterocycles. The Balaban J connectivity index is 3.40. The van der Waals surface area contributed by atoms with E-state index in [9.17, 15) is 17.6 Å². The molecule has 6 heteroatoms. The minimum Gasteiger partial charge on any atom is -0.398 e. The van der Waals surface area contributed by atoms with Crippen molar-refractivity contribution in [1.82, 2.24) is 0 Å². The van der Waals surface area contributed by atoms with Crippen molar-refractivity contribution in [1.29, 1.82) is 0 Å². The first-order valence-corrected chi connectivity index (χ1v) is 3.72. The van der Waals surface area contributed by atoms with Crippen LogP contribution in [0, 0.1) is 5.82 Å². The van der Waals surface area contributed by atoms with Gasteiger partial charge in [0.2, 0.25) is 0 Å². The van der Waals surface area contributed by atoms with Gasteiger partial charge in [-0.3, -0.25) is 0 Å². The highest BCUT2D eigenvalue weighted by Gasteiger charge is 2.37. The number of halogens is 4. The Hall–Kier alpha value is -1.30. The summed E-state index contributed by atoms with van der Waals surface area (Å²) in [6, 6.07) is 1.85. The molecule has 1 rings (SSSR count). The lowest BCUT2D eigenvalue weighted by atomic mass is 10.1. The van der Waals surface area contributed by atoms with Gasteiger partial charge in [0, 0.05) is 6.54 Å². The van der Waals surface area contributed by atoms with Crippen molar-refractivity contribution < 1.29 is 17.6 Å². The van der Waals surface area contributed by atoms with Crippen molar-refractivity contribution in [2.24, 2.45) is 5.73 Å². The molecule has 0 heterocycles. The fourth-order valence-electron chi connectivity index (χ4n) is 1.10. The lowest BCUT2D eigenvalue weighted by Gasteiger charge is -2.13. The molecule has 0 aliphatic carbocycles. The Bertz CT molecular complexity index is 346. The maximum absolute atomic E-state index is 12.8. The van der Waals surface area contributed by atoms with Crippen LogP contribution in [-0.2, 0) is 12.7 Å². The van der Waals surface area contributed by atoms with Gasteiger partial charge < -0.3 is 11.5 Å². The maximum atomic E-state index is 12.8. The molecule has 0 fully saturated rings. The number of alkyl halides is 3. The molecule has 2 nitrogen and oxygen atoms in total. The molecule has 0 amide bonds. The third-order valence-electron chi connectivity index (χ3n) is 1.79. The smallest absolute Gasteiger partial charge is 0.398 e. The van der Waals surface area contributed by atoms with Gasteiger partial charge in [-0.1, -0.05) is 6.07 Å². The Kier molecular flexibility index (Phi) is 2.66. The van der Waals surface area contributed by atoms with Crippen molar-refractivity contribution >= 4 is 5.69 Å². The predicted octanol–water partition coefficient (Wildman–Crippen LogP) is 1.89. The highest BCUT2D eigenvalue weighted by atomic mass is 19.4. The molecule has 1 aromatic rings. The molecule has 0 atom stereocenters. The summed E-state index contributed by atoms with van der Waals surface area (Å²) in [5.41, 5.74) is 8.28. The molecule has 0 aliphatic heterocycles. The van der Waals surface area contributed by atoms with Gasteiger partial charge in [0.25, 0.3) is 0 Å². The van der Waals surface area contributed by atoms with E-state index in [4.69, 9.17) is 11.5 Å². The number of hydrogen-bond donors (Lipinski definition) is 2. The Morgan fingerprint density at radius 2 is 1.79 bits per heavy atom. The van der Waals surface area contributed by atoms with Crippen LogP contribution in [0.4, 0.5) is 23.2 Å². The fourth-order valence-corrected chi connectivity index (χ4v) is 1.10. The number of anilines is 1. The summed E-state index contributed by atoms with van der Waals surface area (Å²) in [7, 11) is 0. The average molecular weight is 208 g/mol. The summed E-state index contributed by atoms with van der Waals surface area (Å²) in [4.78, 5) is 0. The molecule has 0 radical (unpaired) electrons. The quantitative estimate of drug-likeness (QED) is 0.547. The van der Waals surface area contributed by atoms with Crippen LogP contribution < -0.4 is 11.5 Å². The van der Waals surface area contributed by atoms with E-state index >= 15 is 0 Å². The normalized spacial score (nSPS) is 11.8. The van der Waals surface area contributed by atoms with Gasteiger partial charge in [-0.2, -0.15) is 13.2 Å². The molecule has 0 aliphatic rings. The Morgan fingerprint density at radius 3 is 2.21 bits per heavy atom. The topological polar surface area (TPSA) is 52.0 Å². The van der Waals surface area contributed by atoms with Crippen LogP contribution in [0.5, 0.6) is 0 Å². The zero-order valence-corrected chi connectivity index (χ0v) is 7.03. The molecule has 0 saturated heterocycles. The van der Waals surface area contributed by atoms with Gasteiger partial charge in [-0.15, -0.1) is 0 Å². The molecule has 78 valence electrons. The van der Waals surface area contributed by atoms with E-state index in [0.717, 1.165) is 6.07 Å². The first-order chi connectivity index (χ1) is 6.38. The number of nitrogens with two attached hydrogens (primary N) is 2. The summed E-state index contributed by atoms with van der Waals surface area (Å²) in [6.07, 6.45) is -4.79. The van der Waals surface area contributed by atoms with E-state index < -0.39 is 23.2 Å². The van der Waals surface area contributed by atoms with E-state index in [0.29, 0.717) is 6.07 Å². The summed E-state index contributed by atoms with van der Waals surface area (Å²) in [6.45, 7) is -0.158. The maximum Gasteiger partial charge on any atom is 0.421 e. The highest BCUT2D eigenvalue weighted by Crippen LogP contribution is 2.36. The van der Waals surface area contributed by atoms with Crippen LogP contribution in [0.1, 0.15) is 11.1 Å². The van der Waals surface area contributed by atoms with Crippen molar-refractivity contribution in [2.75, 3.05) is 5.73 Å². The van der Waals surface area contributed by atoms with Gasteiger partial charge >= 0.3 is 6.18 Å². The highest BCUT2D eigenvalue weighted by molar-refractivity contribution is 5.55. The largest absolute Gasteiger partial charge is 0.421 e. The van der Waals surface area contributed by atoms with Crippen molar-refractivity contribution in [3.63, 3.8) is 0 Å². The minimum absolute atomic E-state index is 0.0822. The molecular weight excluding hydrogens is 200 g/mol. The summed E-state index contributed by atoms with van der Waals surface area (Å²) in [5.74, 6) is -1.38. The van der Waals surface area contributed by atoms with Crippen molar-refractivity contribution in [2.45, 2.75) is 12.7 Å². The lowest BCUT2D eigenvalue weighted by molar-refractivity contribution is -0.139. The zero-order chi connectivity index (χ0) is 10.9. The zero-order valence-electron chi connectivity index (χ0n) is 7.03. The monoisotopic (exact) mass is 208 g/mol. The third-order valence-corrected chi connectivity index (χ3v) is 1.79. The van der Waals surface area contributed by atoms with Gasteiger partial charge in [0.05, 0.1) is 5.69 Å². The van der Waals surface area contributed by atoms with E-state index in [1.54, 1.807) is 0 Å². The van der Waals surface area contributed by atoms with E-state index in [-0.39, 0.29) is 12.1 Å². The second-order valence-electron chi connectivity index (χ2n) is 2.70. The van der Waals surface area contributed by atoms with Gasteiger partial charge in [-0.05, 0) is 11.6 Å². The molecular formula is C8H8F4N2. The second-order valence-corrected chi connectivity index (χ2v) is 2.70.